The van der Waals surface area contributed by atoms with E-state index in [9.17, 15) is 19.7 Å². The highest BCUT2D eigenvalue weighted by Crippen LogP contribution is 2.56. The van der Waals surface area contributed by atoms with Crippen LogP contribution in [0, 0.1) is 17.0 Å². The van der Waals surface area contributed by atoms with Gasteiger partial charge in [0.1, 0.15) is 11.5 Å². The van der Waals surface area contributed by atoms with Crippen molar-refractivity contribution in [2.24, 2.45) is 0 Å². The van der Waals surface area contributed by atoms with Gasteiger partial charge >= 0.3 is 12.1 Å². The van der Waals surface area contributed by atoms with Crippen LogP contribution in [-0.4, -0.2) is 23.6 Å². The van der Waals surface area contributed by atoms with Crippen molar-refractivity contribution in [3.8, 4) is 11.5 Å². The van der Waals surface area contributed by atoms with E-state index >= 15 is 0 Å². The minimum absolute atomic E-state index is 0.00228. The highest BCUT2D eigenvalue weighted by atomic mass is 16.6. The molecule has 1 N–H and O–H groups in total. The lowest BCUT2D eigenvalue weighted by Crippen LogP contribution is -2.33. The highest BCUT2D eigenvalue weighted by molar-refractivity contribution is 5.97. The maximum Gasteiger partial charge on any atom is 0.411 e. The lowest BCUT2D eigenvalue weighted by atomic mass is 9.77. The van der Waals surface area contributed by atoms with Crippen LogP contribution in [0.4, 0.5) is 16.2 Å². The Morgan fingerprint density at radius 3 is 2.44 bits per heavy atom. The summed E-state index contributed by atoms with van der Waals surface area (Å²) in [5.74, 6) is 0.597. The number of non-ortho nitro benzene ring substituents is 1. The molecule has 2 aliphatic heterocycles. The van der Waals surface area contributed by atoms with Crippen molar-refractivity contribution < 1.29 is 28.7 Å². The molecule has 0 saturated heterocycles. The van der Waals surface area contributed by atoms with Gasteiger partial charge in [-0.3, -0.25) is 15.4 Å². The number of nitrogens with zero attached hydrogens (tertiary/aromatic N) is 1. The fraction of sp³-hybridized carbons (Fsp3) is 0.133. The van der Waals surface area contributed by atoms with Crippen LogP contribution in [0.15, 0.2) is 84.9 Å². The van der Waals surface area contributed by atoms with E-state index in [-0.39, 0.29) is 12.3 Å². The molecule has 1 spiro atoms. The minimum Gasteiger partial charge on any atom is -0.456 e. The molecule has 2 aliphatic rings. The number of carbonyl (C=O) groups excluding carboxylic acids is 2. The fourth-order valence-electron chi connectivity index (χ4n) is 5.06. The van der Waals surface area contributed by atoms with Crippen molar-refractivity contribution in [3.05, 3.63) is 128 Å². The molecule has 1 unspecified atom stereocenters. The third-order valence-corrected chi connectivity index (χ3v) is 6.89. The molecule has 39 heavy (non-hydrogen) atoms. The number of esters is 1. The van der Waals surface area contributed by atoms with E-state index in [1.165, 1.54) is 12.1 Å². The number of rotatable bonds is 5. The molecular formula is C30H22N2O7. The Kier molecular flexibility index (Phi) is 5.76. The number of carbonyl (C=O) groups is 2. The van der Waals surface area contributed by atoms with Gasteiger partial charge in [0.15, 0.2) is 5.60 Å². The second kappa shape index (κ2) is 9.29. The zero-order chi connectivity index (χ0) is 27.1. The van der Waals surface area contributed by atoms with E-state index in [2.05, 4.69) is 5.32 Å². The van der Waals surface area contributed by atoms with Gasteiger partial charge < -0.3 is 14.2 Å². The van der Waals surface area contributed by atoms with Gasteiger partial charge in [-0.15, -0.1) is 0 Å². The van der Waals surface area contributed by atoms with E-state index in [1.807, 2.05) is 37.3 Å². The SMILES string of the molecule is Cc1ccc2c(c1)Oc1cc(NC(=O)OCCc3ccc([N+](=O)[O-])cc3)ccc1C21OC(=O)c2ccccc21. The predicted octanol–water partition coefficient (Wildman–Crippen LogP) is 6.26. The molecule has 194 valence electrons. The first-order chi connectivity index (χ1) is 18.8. The van der Waals surface area contributed by atoms with Gasteiger partial charge in [-0.25, -0.2) is 9.59 Å². The number of amides is 1. The summed E-state index contributed by atoms with van der Waals surface area (Å²) in [5, 5.41) is 13.5. The highest BCUT2D eigenvalue weighted by Gasteiger charge is 2.53. The standard InChI is InChI=1S/C30H22N2O7/c1-18-6-12-24-26(16-18)38-27-17-20(31-29(34)37-15-14-19-7-10-21(11-8-19)32(35)36)9-13-25(27)30(24)23-5-3-2-4-22(23)28(33)39-30/h2-13,16-17H,14-15H2,1H3,(H,31,34). The summed E-state index contributed by atoms with van der Waals surface area (Å²) in [6.45, 7) is 2.04. The number of ether oxygens (including phenoxy) is 3. The molecule has 0 bridgehead atoms. The molecule has 9 heteroatoms. The summed E-state index contributed by atoms with van der Waals surface area (Å²) in [6.07, 6.45) is -0.251. The third kappa shape index (κ3) is 4.14. The molecule has 4 aromatic rings. The summed E-state index contributed by atoms with van der Waals surface area (Å²) >= 11 is 0. The number of benzene rings is 4. The quantitative estimate of drug-likeness (QED) is 0.187. The lowest BCUT2D eigenvalue weighted by Gasteiger charge is -2.36. The first-order valence-corrected chi connectivity index (χ1v) is 12.3. The molecule has 1 amide bonds. The topological polar surface area (TPSA) is 117 Å². The molecular weight excluding hydrogens is 500 g/mol. The summed E-state index contributed by atoms with van der Waals surface area (Å²) < 4.78 is 17.7. The van der Waals surface area contributed by atoms with Crippen LogP contribution in [0.3, 0.4) is 0 Å². The van der Waals surface area contributed by atoms with Crippen LogP contribution in [0.25, 0.3) is 0 Å². The summed E-state index contributed by atoms with van der Waals surface area (Å²) in [6, 6.07) is 24.3. The Balaban J connectivity index is 1.24. The van der Waals surface area contributed by atoms with Gasteiger partial charge in [0.05, 0.1) is 17.1 Å². The van der Waals surface area contributed by atoms with Crippen molar-refractivity contribution in [1.82, 2.24) is 0 Å². The van der Waals surface area contributed by atoms with Crippen LogP contribution in [0.1, 0.15) is 38.2 Å². The molecule has 0 radical (unpaired) electrons. The number of hydrogen-bond acceptors (Lipinski definition) is 7. The molecule has 0 aliphatic carbocycles. The monoisotopic (exact) mass is 522 g/mol. The van der Waals surface area contributed by atoms with Gasteiger partial charge in [0.2, 0.25) is 0 Å². The van der Waals surface area contributed by atoms with Gasteiger partial charge in [-0.2, -0.15) is 0 Å². The summed E-state index contributed by atoms with van der Waals surface area (Å²) in [7, 11) is 0. The summed E-state index contributed by atoms with van der Waals surface area (Å²) in [4.78, 5) is 35.7. The van der Waals surface area contributed by atoms with Crippen molar-refractivity contribution in [2.45, 2.75) is 18.9 Å². The number of fused-ring (bicyclic) bond motifs is 6. The Hall–Kier alpha value is -5.18. The van der Waals surface area contributed by atoms with Gasteiger partial charge in [0, 0.05) is 47.0 Å². The molecule has 0 aromatic heterocycles. The molecule has 0 saturated carbocycles. The van der Waals surface area contributed by atoms with Gasteiger partial charge in [0.25, 0.3) is 5.69 Å². The van der Waals surface area contributed by atoms with Crippen molar-refractivity contribution in [3.63, 3.8) is 0 Å². The van der Waals surface area contributed by atoms with Gasteiger partial charge in [-0.1, -0.05) is 42.5 Å². The van der Waals surface area contributed by atoms with E-state index in [0.717, 1.165) is 22.3 Å². The first kappa shape index (κ1) is 24.2. The van der Waals surface area contributed by atoms with Crippen molar-refractivity contribution in [2.75, 3.05) is 11.9 Å². The molecule has 9 nitrogen and oxygen atoms in total. The fourth-order valence-corrected chi connectivity index (χ4v) is 5.06. The third-order valence-electron chi connectivity index (χ3n) is 6.89. The number of nitro groups is 1. The number of nitrogens with one attached hydrogen (secondary N) is 1. The number of hydrogen-bond donors (Lipinski definition) is 1. The maximum atomic E-state index is 12.9. The van der Waals surface area contributed by atoms with Crippen molar-refractivity contribution in [1.29, 1.82) is 0 Å². The number of nitro benzene ring substituents is 1. The zero-order valence-electron chi connectivity index (χ0n) is 20.8. The minimum atomic E-state index is -1.17. The average molecular weight is 523 g/mol. The van der Waals surface area contributed by atoms with E-state index in [4.69, 9.17) is 14.2 Å². The Bertz CT molecular complexity index is 1650. The van der Waals surface area contributed by atoms with E-state index < -0.39 is 22.6 Å². The van der Waals surface area contributed by atoms with E-state index in [1.54, 1.807) is 42.5 Å². The normalized spacial score (nSPS) is 16.4. The second-order valence-electron chi connectivity index (χ2n) is 9.36. The maximum absolute atomic E-state index is 12.9. The number of aryl methyl sites for hydroxylation is 1. The second-order valence-corrected chi connectivity index (χ2v) is 9.36. The smallest absolute Gasteiger partial charge is 0.411 e. The average Bonchev–Trinajstić information content (AvgIpc) is 3.21. The predicted molar refractivity (Wildman–Crippen MR) is 141 cm³/mol. The van der Waals surface area contributed by atoms with Gasteiger partial charge in [-0.05, 0) is 42.3 Å². The molecule has 1 atom stereocenters. The largest absolute Gasteiger partial charge is 0.456 e. The Labute approximate surface area is 223 Å². The molecule has 2 heterocycles. The molecule has 6 rings (SSSR count). The molecule has 0 fully saturated rings. The summed E-state index contributed by atoms with van der Waals surface area (Å²) in [5.41, 5.74) is 3.66. The van der Waals surface area contributed by atoms with Crippen LogP contribution in [0.2, 0.25) is 0 Å². The number of anilines is 1. The van der Waals surface area contributed by atoms with Crippen LogP contribution in [-0.2, 0) is 21.5 Å². The Morgan fingerprint density at radius 2 is 1.67 bits per heavy atom. The van der Waals surface area contributed by atoms with E-state index in [0.29, 0.717) is 34.7 Å². The van der Waals surface area contributed by atoms with Crippen molar-refractivity contribution >= 4 is 23.4 Å². The van der Waals surface area contributed by atoms with Crippen LogP contribution in [0.5, 0.6) is 11.5 Å². The first-order valence-electron chi connectivity index (χ1n) is 12.3. The lowest BCUT2D eigenvalue weighted by molar-refractivity contribution is -0.384. The Morgan fingerprint density at radius 1 is 0.949 bits per heavy atom. The zero-order valence-corrected chi connectivity index (χ0v) is 20.8. The molecule has 4 aromatic carbocycles. The van der Waals surface area contributed by atoms with Crippen LogP contribution < -0.4 is 10.1 Å². The van der Waals surface area contributed by atoms with Crippen LogP contribution >= 0.6 is 0 Å².